The molecule has 12 heteroatoms. The summed E-state index contributed by atoms with van der Waals surface area (Å²) in [5.41, 5.74) is -0.265. The SMILES string of the molecule is CN(C)S(=O)(=O)c1cccc(NC(=O)CN2C(=O)NC(C)(Cc3ccc4c(c3)OCO4)C2=O)c1. The van der Waals surface area contributed by atoms with Gasteiger partial charge in [-0.2, -0.15) is 0 Å². The lowest BCUT2D eigenvalue weighted by Gasteiger charge is -2.22. The van der Waals surface area contributed by atoms with Gasteiger partial charge < -0.3 is 20.1 Å². The number of nitrogens with zero attached hydrogens (tertiary/aromatic N) is 2. The predicted octanol–water partition coefficient (Wildman–Crippen LogP) is 1.16. The van der Waals surface area contributed by atoms with E-state index in [1.54, 1.807) is 25.1 Å². The van der Waals surface area contributed by atoms with Crippen LogP contribution in [0.4, 0.5) is 10.5 Å². The molecule has 2 aromatic rings. The van der Waals surface area contributed by atoms with Crippen LogP contribution in [0.25, 0.3) is 0 Å². The number of urea groups is 1. The molecule has 0 aromatic heterocycles. The van der Waals surface area contributed by atoms with Crippen LogP contribution in [-0.2, 0) is 26.0 Å². The van der Waals surface area contributed by atoms with Crippen molar-refractivity contribution in [3.05, 3.63) is 48.0 Å². The van der Waals surface area contributed by atoms with E-state index in [0.717, 1.165) is 14.8 Å². The van der Waals surface area contributed by atoms with Crippen LogP contribution in [0, 0.1) is 0 Å². The third kappa shape index (κ3) is 4.41. The van der Waals surface area contributed by atoms with Crippen LogP contribution in [0.1, 0.15) is 12.5 Å². The molecule has 4 amide bonds. The summed E-state index contributed by atoms with van der Waals surface area (Å²) in [7, 11) is -0.884. The highest BCUT2D eigenvalue weighted by Crippen LogP contribution is 2.34. The van der Waals surface area contributed by atoms with Crippen LogP contribution in [-0.4, -0.2) is 68.4 Å². The minimum absolute atomic E-state index is 0.00148. The number of amides is 4. The molecule has 1 fully saturated rings. The first kappa shape index (κ1) is 23.5. The van der Waals surface area contributed by atoms with Crippen LogP contribution < -0.4 is 20.1 Å². The molecule has 1 saturated heterocycles. The van der Waals surface area contributed by atoms with Crippen molar-refractivity contribution in [3.8, 4) is 11.5 Å². The van der Waals surface area contributed by atoms with Gasteiger partial charge in [-0.15, -0.1) is 0 Å². The van der Waals surface area contributed by atoms with E-state index in [1.807, 2.05) is 0 Å². The largest absolute Gasteiger partial charge is 0.454 e. The molecule has 34 heavy (non-hydrogen) atoms. The molecule has 2 aliphatic rings. The molecule has 1 atom stereocenters. The number of anilines is 1. The van der Waals surface area contributed by atoms with Crippen LogP contribution in [0.2, 0.25) is 0 Å². The lowest BCUT2D eigenvalue weighted by atomic mass is 9.92. The Morgan fingerprint density at radius 1 is 1.15 bits per heavy atom. The van der Waals surface area contributed by atoms with Gasteiger partial charge in [0.05, 0.1) is 4.90 Å². The predicted molar refractivity (Wildman–Crippen MR) is 121 cm³/mol. The summed E-state index contributed by atoms with van der Waals surface area (Å²) in [6, 6.07) is 10.3. The van der Waals surface area contributed by atoms with Crippen molar-refractivity contribution in [1.29, 1.82) is 0 Å². The van der Waals surface area contributed by atoms with Crippen LogP contribution in [0.15, 0.2) is 47.4 Å². The Bertz CT molecular complexity index is 1280. The van der Waals surface area contributed by atoms with Crippen LogP contribution in [0.3, 0.4) is 0 Å². The Labute approximate surface area is 196 Å². The van der Waals surface area contributed by atoms with E-state index in [2.05, 4.69) is 10.6 Å². The fourth-order valence-electron chi connectivity index (χ4n) is 3.76. The first-order valence-electron chi connectivity index (χ1n) is 10.3. The number of benzene rings is 2. The van der Waals surface area contributed by atoms with Crippen LogP contribution >= 0.6 is 0 Å². The number of carbonyl (C=O) groups excluding carboxylic acids is 3. The summed E-state index contributed by atoms with van der Waals surface area (Å²) in [5, 5.41) is 5.20. The minimum atomic E-state index is -3.69. The zero-order chi connectivity index (χ0) is 24.7. The molecule has 2 N–H and O–H groups in total. The third-order valence-electron chi connectivity index (χ3n) is 5.54. The van der Waals surface area contributed by atoms with E-state index >= 15 is 0 Å². The molecule has 2 aliphatic heterocycles. The average molecular weight is 489 g/mol. The number of rotatable bonds is 7. The second kappa shape index (κ2) is 8.61. The molecule has 4 rings (SSSR count). The normalized spacial score (nSPS) is 19.5. The summed E-state index contributed by atoms with van der Waals surface area (Å²) in [4.78, 5) is 39.0. The molecular formula is C22H24N4O7S. The average Bonchev–Trinajstić information content (AvgIpc) is 3.31. The first-order valence-corrected chi connectivity index (χ1v) is 11.8. The highest BCUT2D eigenvalue weighted by Gasteiger charge is 2.48. The van der Waals surface area contributed by atoms with Crippen molar-refractivity contribution in [2.45, 2.75) is 23.8 Å². The summed E-state index contributed by atoms with van der Waals surface area (Å²) in [6.07, 6.45) is 0.191. The van der Waals surface area contributed by atoms with Gasteiger partial charge in [-0.1, -0.05) is 12.1 Å². The summed E-state index contributed by atoms with van der Waals surface area (Å²) >= 11 is 0. The number of fused-ring (bicyclic) bond motifs is 1. The van der Waals surface area contributed by atoms with E-state index in [4.69, 9.17) is 9.47 Å². The Hall–Kier alpha value is -3.64. The Morgan fingerprint density at radius 3 is 2.62 bits per heavy atom. The number of sulfonamides is 1. The van der Waals surface area contributed by atoms with E-state index in [9.17, 15) is 22.8 Å². The zero-order valence-electron chi connectivity index (χ0n) is 18.8. The second-order valence-electron chi connectivity index (χ2n) is 8.38. The first-order chi connectivity index (χ1) is 16.0. The van der Waals surface area contributed by atoms with Crippen molar-refractivity contribution >= 4 is 33.6 Å². The van der Waals surface area contributed by atoms with Crippen molar-refractivity contribution < 1.29 is 32.3 Å². The Balaban J connectivity index is 1.44. The highest BCUT2D eigenvalue weighted by atomic mass is 32.2. The van der Waals surface area contributed by atoms with E-state index in [1.165, 1.54) is 38.4 Å². The summed E-state index contributed by atoms with van der Waals surface area (Å²) in [6.45, 7) is 1.19. The van der Waals surface area contributed by atoms with Gasteiger partial charge in [0.2, 0.25) is 22.7 Å². The molecular weight excluding hydrogens is 464 g/mol. The molecule has 1 unspecified atom stereocenters. The Morgan fingerprint density at radius 2 is 1.88 bits per heavy atom. The van der Waals surface area contributed by atoms with E-state index < -0.39 is 40.0 Å². The quantitative estimate of drug-likeness (QED) is 0.559. The van der Waals surface area contributed by atoms with Gasteiger partial charge in [0, 0.05) is 26.2 Å². The van der Waals surface area contributed by atoms with Crippen LogP contribution in [0.5, 0.6) is 11.5 Å². The third-order valence-corrected chi connectivity index (χ3v) is 7.35. The number of ether oxygens (including phenoxy) is 2. The molecule has 2 heterocycles. The lowest BCUT2D eigenvalue weighted by molar-refractivity contribution is -0.133. The van der Waals surface area contributed by atoms with Gasteiger partial charge in [0.1, 0.15) is 12.1 Å². The molecule has 180 valence electrons. The maximum Gasteiger partial charge on any atom is 0.325 e. The summed E-state index contributed by atoms with van der Waals surface area (Å²) < 4.78 is 36.3. The van der Waals surface area contributed by atoms with Crippen molar-refractivity contribution in [2.75, 3.05) is 32.7 Å². The van der Waals surface area contributed by atoms with Gasteiger partial charge in [-0.05, 0) is 42.8 Å². The molecule has 0 saturated carbocycles. The molecule has 2 aromatic carbocycles. The highest BCUT2D eigenvalue weighted by molar-refractivity contribution is 7.89. The van der Waals surface area contributed by atoms with Crippen molar-refractivity contribution in [1.82, 2.24) is 14.5 Å². The molecule has 0 spiro atoms. The smallest absolute Gasteiger partial charge is 0.325 e. The number of imide groups is 1. The molecule has 11 nitrogen and oxygen atoms in total. The number of hydrogen-bond donors (Lipinski definition) is 2. The number of nitrogens with one attached hydrogen (secondary N) is 2. The Kier molecular flexibility index (Phi) is 5.96. The van der Waals surface area contributed by atoms with Gasteiger partial charge in [-0.3, -0.25) is 14.5 Å². The van der Waals surface area contributed by atoms with Crippen molar-refractivity contribution in [3.63, 3.8) is 0 Å². The monoisotopic (exact) mass is 488 g/mol. The topological polar surface area (TPSA) is 134 Å². The van der Waals surface area contributed by atoms with Gasteiger partial charge in [0.25, 0.3) is 5.91 Å². The maximum absolute atomic E-state index is 13.0. The number of carbonyl (C=O) groups is 3. The fourth-order valence-corrected chi connectivity index (χ4v) is 4.71. The fraction of sp³-hybridized carbons (Fsp3) is 0.318. The van der Waals surface area contributed by atoms with E-state index in [-0.39, 0.29) is 23.8 Å². The zero-order valence-corrected chi connectivity index (χ0v) is 19.6. The number of hydrogen-bond acceptors (Lipinski definition) is 7. The van der Waals surface area contributed by atoms with E-state index in [0.29, 0.717) is 11.5 Å². The van der Waals surface area contributed by atoms with Gasteiger partial charge >= 0.3 is 6.03 Å². The minimum Gasteiger partial charge on any atom is -0.454 e. The summed E-state index contributed by atoms with van der Waals surface area (Å²) in [5.74, 6) is -0.0199. The molecule has 0 bridgehead atoms. The maximum atomic E-state index is 13.0. The van der Waals surface area contributed by atoms with Gasteiger partial charge in [-0.25, -0.2) is 17.5 Å². The standard InChI is InChI=1S/C22H24N4O7S/c1-22(11-14-7-8-17-18(9-14)33-13-32-17)20(28)26(21(29)24-22)12-19(27)23-15-5-4-6-16(10-15)34(30,31)25(2)3/h4-10H,11-13H2,1-3H3,(H,23,27)(H,24,29). The van der Waals surface area contributed by atoms with Crippen molar-refractivity contribution in [2.24, 2.45) is 0 Å². The molecule has 0 aliphatic carbocycles. The lowest BCUT2D eigenvalue weighted by Crippen LogP contribution is -2.46. The molecule has 0 radical (unpaired) electrons. The second-order valence-corrected chi connectivity index (χ2v) is 10.5. The van der Waals surface area contributed by atoms with Gasteiger partial charge in [0.15, 0.2) is 11.5 Å².